The summed E-state index contributed by atoms with van der Waals surface area (Å²) in [7, 11) is 0. The Morgan fingerprint density at radius 2 is 1.93 bits per heavy atom. The molecule has 0 aromatic heterocycles. The van der Waals surface area contributed by atoms with E-state index in [1.807, 2.05) is 0 Å². The van der Waals surface area contributed by atoms with Gasteiger partial charge in [0.2, 0.25) is 0 Å². The Labute approximate surface area is 76.1 Å². The zero-order chi connectivity index (χ0) is 10.7. The molecule has 0 unspecified atom stereocenters. The highest BCUT2D eigenvalue weighted by molar-refractivity contribution is 5.75. The van der Waals surface area contributed by atoms with Crippen molar-refractivity contribution in [2.24, 2.45) is 0 Å². The van der Waals surface area contributed by atoms with E-state index in [2.05, 4.69) is 4.74 Å². The van der Waals surface area contributed by atoms with Crippen LogP contribution in [-0.4, -0.2) is 12.4 Å². The lowest BCUT2D eigenvalue weighted by atomic mass is 10.3. The molecule has 76 valence electrons. The number of carbonyl (C=O) groups is 1. The predicted molar refractivity (Wildman–Crippen MR) is 38.0 cm³/mol. The fourth-order valence-corrected chi connectivity index (χ4v) is 0.711. The Hall–Kier alpha value is -1.59. The summed E-state index contributed by atoms with van der Waals surface area (Å²) in [5.41, 5.74) is 0. The minimum absolute atomic E-state index is 0.425. The molecule has 14 heavy (non-hydrogen) atoms. The van der Waals surface area contributed by atoms with Gasteiger partial charge in [-0.25, -0.2) is 13.6 Å². The third kappa shape index (κ3) is 2.45. The maximum Gasteiger partial charge on any atom is 0.379 e. The van der Waals surface area contributed by atoms with Gasteiger partial charge in [0.25, 0.3) is 0 Å². The molecule has 0 fully saturated rings. The van der Waals surface area contributed by atoms with Gasteiger partial charge in [-0.05, 0) is 12.1 Å². The van der Waals surface area contributed by atoms with Crippen LogP contribution >= 0.6 is 0 Å². The smallest absolute Gasteiger partial charge is 0.379 e. The second-order valence-corrected chi connectivity index (χ2v) is 2.30. The van der Waals surface area contributed by atoms with Crippen molar-refractivity contribution in [1.82, 2.24) is 0 Å². The van der Waals surface area contributed by atoms with Crippen LogP contribution in [0.2, 0.25) is 0 Å². The third-order valence-electron chi connectivity index (χ3n) is 1.28. The van der Waals surface area contributed by atoms with Gasteiger partial charge >= 0.3 is 12.4 Å². The summed E-state index contributed by atoms with van der Waals surface area (Å²) >= 11 is 0. The largest absolute Gasteiger partial charge is 0.419 e. The number of hydrogen-bond acceptors (Lipinski definition) is 2. The topological polar surface area (TPSA) is 26.3 Å². The van der Waals surface area contributed by atoms with Crippen LogP contribution in [0, 0.1) is 11.6 Å². The molecule has 0 aliphatic heterocycles. The van der Waals surface area contributed by atoms with Crippen molar-refractivity contribution in [2.75, 3.05) is 0 Å². The van der Waals surface area contributed by atoms with Crippen LogP contribution in [0.3, 0.4) is 0 Å². The molecular weight excluding hydrogens is 204 g/mol. The number of carbonyl (C=O) groups excluding carboxylic acids is 1. The molecular formula is C8H4F4O2. The molecule has 0 radical (unpaired) electrons. The van der Waals surface area contributed by atoms with Crippen LogP contribution in [0.15, 0.2) is 18.2 Å². The van der Waals surface area contributed by atoms with Gasteiger partial charge in [0, 0.05) is 6.07 Å². The van der Waals surface area contributed by atoms with Crippen LogP contribution in [0.25, 0.3) is 0 Å². The van der Waals surface area contributed by atoms with E-state index in [0.29, 0.717) is 6.07 Å². The molecule has 1 rings (SSSR count). The average molecular weight is 208 g/mol. The molecule has 0 N–H and O–H groups in total. The maximum atomic E-state index is 12.7. The Balaban J connectivity index is 2.82. The maximum absolute atomic E-state index is 12.7. The van der Waals surface area contributed by atoms with Crippen LogP contribution in [0.5, 0.6) is 5.75 Å². The minimum atomic E-state index is -3.35. The monoisotopic (exact) mass is 208 g/mol. The molecule has 0 bridgehead atoms. The summed E-state index contributed by atoms with van der Waals surface area (Å²) in [4.78, 5) is 10.3. The van der Waals surface area contributed by atoms with Gasteiger partial charge < -0.3 is 4.74 Å². The number of esters is 1. The van der Waals surface area contributed by atoms with Gasteiger partial charge in [-0.2, -0.15) is 8.78 Å². The summed E-state index contributed by atoms with van der Waals surface area (Å²) in [5, 5.41) is 0. The van der Waals surface area contributed by atoms with Crippen molar-refractivity contribution >= 4 is 5.97 Å². The van der Waals surface area contributed by atoms with E-state index in [1.165, 1.54) is 0 Å². The summed E-state index contributed by atoms with van der Waals surface area (Å²) < 4.78 is 52.3. The molecule has 0 spiro atoms. The van der Waals surface area contributed by atoms with E-state index in [4.69, 9.17) is 0 Å². The number of hydrogen-bond donors (Lipinski definition) is 0. The highest BCUT2D eigenvalue weighted by atomic mass is 19.3. The Morgan fingerprint density at radius 3 is 2.43 bits per heavy atom. The highest BCUT2D eigenvalue weighted by Gasteiger charge is 2.19. The SMILES string of the molecule is O=C(Oc1ccc(F)cc1F)C(F)F. The zero-order valence-corrected chi connectivity index (χ0v) is 6.64. The van der Waals surface area contributed by atoms with Crippen LogP contribution in [-0.2, 0) is 4.79 Å². The van der Waals surface area contributed by atoms with Gasteiger partial charge in [0.1, 0.15) is 5.82 Å². The van der Waals surface area contributed by atoms with Crippen LogP contribution in [0.1, 0.15) is 0 Å². The van der Waals surface area contributed by atoms with Crippen LogP contribution < -0.4 is 4.74 Å². The highest BCUT2D eigenvalue weighted by Crippen LogP contribution is 2.18. The second kappa shape index (κ2) is 4.08. The van der Waals surface area contributed by atoms with Gasteiger partial charge in [-0.1, -0.05) is 0 Å². The lowest BCUT2D eigenvalue weighted by Gasteiger charge is -2.03. The number of alkyl halides is 2. The fourth-order valence-electron chi connectivity index (χ4n) is 0.711. The molecule has 1 aromatic rings. The van der Waals surface area contributed by atoms with E-state index in [9.17, 15) is 22.4 Å². The molecule has 0 aliphatic carbocycles. The Bertz CT molecular complexity index is 351. The van der Waals surface area contributed by atoms with E-state index in [-0.39, 0.29) is 0 Å². The lowest BCUT2D eigenvalue weighted by Crippen LogP contribution is -2.17. The lowest BCUT2D eigenvalue weighted by molar-refractivity contribution is -0.146. The third-order valence-corrected chi connectivity index (χ3v) is 1.28. The molecule has 0 amide bonds. The molecule has 0 saturated carbocycles. The first-order valence-corrected chi connectivity index (χ1v) is 3.45. The molecule has 0 aliphatic rings. The molecule has 2 nitrogen and oxygen atoms in total. The van der Waals surface area contributed by atoms with Gasteiger partial charge in [-0.15, -0.1) is 0 Å². The van der Waals surface area contributed by atoms with Crippen molar-refractivity contribution in [1.29, 1.82) is 0 Å². The number of halogens is 4. The fraction of sp³-hybridized carbons (Fsp3) is 0.125. The first-order chi connectivity index (χ1) is 6.50. The zero-order valence-electron chi connectivity index (χ0n) is 6.64. The summed E-state index contributed by atoms with van der Waals surface area (Å²) in [6.07, 6.45) is -3.35. The number of ether oxygens (including phenoxy) is 1. The molecule has 1 aromatic carbocycles. The second-order valence-electron chi connectivity index (χ2n) is 2.30. The summed E-state index contributed by atoms with van der Waals surface area (Å²) in [6.45, 7) is 0. The number of benzene rings is 1. The molecule has 0 atom stereocenters. The molecule has 6 heteroatoms. The van der Waals surface area contributed by atoms with E-state index in [0.717, 1.165) is 12.1 Å². The van der Waals surface area contributed by atoms with Crippen molar-refractivity contribution in [3.63, 3.8) is 0 Å². The molecule has 0 saturated heterocycles. The first-order valence-electron chi connectivity index (χ1n) is 3.45. The summed E-state index contributed by atoms with van der Waals surface area (Å²) in [5.74, 6) is -4.70. The van der Waals surface area contributed by atoms with Gasteiger partial charge in [0.15, 0.2) is 11.6 Å². The standard InChI is InChI=1S/C8H4F4O2/c9-4-1-2-6(5(10)3-4)14-8(13)7(11)12/h1-3,7H. The Kier molecular flexibility index (Phi) is 3.06. The van der Waals surface area contributed by atoms with Crippen LogP contribution in [0.4, 0.5) is 17.6 Å². The average Bonchev–Trinajstić information content (AvgIpc) is 2.09. The van der Waals surface area contributed by atoms with Crippen molar-refractivity contribution in [3.8, 4) is 5.75 Å². The van der Waals surface area contributed by atoms with Crippen molar-refractivity contribution < 1.29 is 27.1 Å². The van der Waals surface area contributed by atoms with Crippen molar-refractivity contribution in [2.45, 2.75) is 6.43 Å². The quantitative estimate of drug-likeness (QED) is 0.422. The predicted octanol–water partition coefficient (Wildman–Crippen LogP) is 2.14. The van der Waals surface area contributed by atoms with E-state index < -0.39 is 29.8 Å². The normalized spacial score (nSPS) is 10.4. The van der Waals surface area contributed by atoms with E-state index >= 15 is 0 Å². The van der Waals surface area contributed by atoms with Gasteiger partial charge in [0.05, 0.1) is 0 Å². The van der Waals surface area contributed by atoms with Crippen molar-refractivity contribution in [3.05, 3.63) is 29.8 Å². The van der Waals surface area contributed by atoms with E-state index in [1.54, 1.807) is 0 Å². The number of rotatable bonds is 2. The summed E-state index contributed by atoms with van der Waals surface area (Å²) in [6, 6.07) is 1.97. The minimum Gasteiger partial charge on any atom is -0.419 e. The Morgan fingerprint density at radius 1 is 1.29 bits per heavy atom. The first kappa shape index (κ1) is 10.5. The van der Waals surface area contributed by atoms with Gasteiger partial charge in [-0.3, -0.25) is 0 Å². The molecule has 0 heterocycles.